The van der Waals surface area contributed by atoms with Gasteiger partial charge in [-0.15, -0.1) is 15.2 Å². The third-order valence-electron chi connectivity index (χ3n) is 9.45. The molecule has 1 aliphatic carbocycles. The fourth-order valence-corrected chi connectivity index (χ4v) is 6.51. The molecule has 0 amide bonds. The minimum Gasteiger partial charge on any atom is -0.465 e. The normalized spacial score (nSPS) is 13.2. The summed E-state index contributed by atoms with van der Waals surface area (Å²) in [5.41, 5.74) is 11.0. The van der Waals surface area contributed by atoms with E-state index in [1.165, 1.54) is 63.3 Å². The Morgan fingerprint density at radius 1 is 0.984 bits per heavy atom. The SMILES string of the molecule is CCOc1nc2cccc(C(=O)OC(C)OC=O)c2n1Cc1ccc(-c2ccccc2/C(N)=N/N(N)COC(=O)Oc2ccc(CO[N+](=O)[O-])cc2)cc1.COC1CCCCC1. The highest BCUT2D eigenvalue weighted by molar-refractivity contribution is 6.03. The molecule has 1 atom stereocenters. The summed E-state index contributed by atoms with van der Waals surface area (Å²) in [5, 5.41) is 14.4. The van der Waals surface area contributed by atoms with Crippen LogP contribution in [0.2, 0.25) is 0 Å². The van der Waals surface area contributed by atoms with E-state index in [-0.39, 0.29) is 36.8 Å². The molecule has 4 N–H and O–H groups in total. The summed E-state index contributed by atoms with van der Waals surface area (Å²) >= 11 is 0. The number of nitrogens with two attached hydrogens (primary N) is 2. The van der Waals surface area contributed by atoms with E-state index < -0.39 is 30.2 Å². The zero-order valence-electron chi connectivity index (χ0n) is 34.5. The first-order valence-corrected chi connectivity index (χ1v) is 19.7. The first kappa shape index (κ1) is 45.8. The van der Waals surface area contributed by atoms with Gasteiger partial charge >= 0.3 is 12.1 Å². The second-order valence-electron chi connectivity index (χ2n) is 13.7. The van der Waals surface area contributed by atoms with Crippen molar-refractivity contribution in [2.45, 2.75) is 71.5 Å². The molecule has 1 aromatic heterocycles. The predicted molar refractivity (Wildman–Crippen MR) is 225 cm³/mol. The van der Waals surface area contributed by atoms with Crippen LogP contribution < -0.4 is 21.1 Å². The Balaban J connectivity index is 0.000000814. The van der Waals surface area contributed by atoms with Crippen LogP contribution in [0.5, 0.6) is 11.8 Å². The Morgan fingerprint density at radius 2 is 1.68 bits per heavy atom. The lowest BCUT2D eigenvalue weighted by molar-refractivity contribution is -0.763. The zero-order chi connectivity index (χ0) is 44.4. The summed E-state index contributed by atoms with van der Waals surface area (Å²) in [6.45, 7) is 3.34. The Kier molecular flexibility index (Phi) is 17.0. The second-order valence-corrected chi connectivity index (χ2v) is 13.7. The van der Waals surface area contributed by atoms with Crippen LogP contribution in [0, 0.1) is 10.1 Å². The number of carbonyl (C=O) groups is 3. The topological polar surface area (TPSA) is 244 Å². The monoisotopic (exact) mass is 855 g/mol. The van der Waals surface area contributed by atoms with Gasteiger partial charge in [-0.3, -0.25) is 9.36 Å². The number of fused-ring (bicyclic) bond motifs is 1. The Bertz CT molecular complexity index is 2300. The first-order valence-electron chi connectivity index (χ1n) is 19.7. The molecule has 5 aromatic rings. The van der Waals surface area contributed by atoms with Crippen LogP contribution in [0.4, 0.5) is 4.79 Å². The number of benzene rings is 4. The molecular weight excluding hydrogens is 807 g/mol. The summed E-state index contributed by atoms with van der Waals surface area (Å²) in [6, 6.07) is 26.0. The van der Waals surface area contributed by atoms with E-state index in [9.17, 15) is 24.5 Å². The number of methoxy groups -OCH3 is 1. The number of para-hydroxylation sites is 1. The van der Waals surface area contributed by atoms with Gasteiger partial charge in [-0.1, -0.05) is 86.0 Å². The van der Waals surface area contributed by atoms with E-state index in [1.54, 1.807) is 34.9 Å². The molecular formula is C43H49N7O12. The van der Waals surface area contributed by atoms with Crippen LogP contribution in [0.15, 0.2) is 96.1 Å². The number of hydrazine groups is 1. The average molecular weight is 856 g/mol. The average Bonchev–Trinajstić information content (AvgIpc) is 3.62. The molecule has 6 rings (SSSR count). The minimum absolute atomic E-state index is 0.0418. The maximum absolute atomic E-state index is 13.1. The summed E-state index contributed by atoms with van der Waals surface area (Å²) in [6.07, 6.45) is 5.17. The Morgan fingerprint density at radius 3 is 2.34 bits per heavy atom. The molecule has 1 aliphatic rings. The lowest BCUT2D eigenvalue weighted by Crippen LogP contribution is -2.33. The number of hydrazone groups is 1. The molecule has 0 saturated heterocycles. The van der Waals surface area contributed by atoms with E-state index >= 15 is 0 Å². The molecule has 19 nitrogen and oxygen atoms in total. The number of amidine groups is 1. The van der Waals surface area contributed by atoms with E-state index in [0.29, 0.717) is 40.9 Å². The molecule has 19 heteroatoms. The van der Waals surface area contributed by atoms with Crippen molar-refractivity contribution in [3.8, 4) is 22.9 Å². The number of ether oxygens (including phenoxy) is 6. The molecule has 4 aromatic carbocycles. The van der Waals surface area contributed by atoms with Crippen LogP contribution in [0.1, 0.15) is 73.0 Å². The fourth-order valence-electron chi connectivity index (χ4n) is 6.51. The molecule has 0 radical (unpaired) electrons. The number of rotatable bonds is 18. The number of hydrogen-bond acceptors (Lipinski definition) is 16. The van der Waals surface area contributed by atoms with Crippen molar-refractivity contribution in [3.05, 3.63) is 123 Å². The van der Waals surface area contributed by atoms with Gasteiger partial charge < -0.3 is 39.0 Å². The van der Waals surface area contributed by atoms with Gasteiger partial charge in [0.25, 0.3) is 17.6 Å². The lowest BCUT2D eigenvalue weighted by atomic mass is 9.98. The molecule has 1 unspecified atom stereocenters. The Hall–Kier alpha value is -7.25. The smallest absolute Gasteiger partial charge is 0.465 e. The zero-order valence-corrected chi connectivity index (χ0v) is 34.5. The third kappa shape index (κ3) is 13.1. The standard InChI is InChI=1S/C36H35N7O11.C7H14O/c1-3-49-35-39-31-10-6-9-30(34(45)53-23(2)51-22-44)32(31)41(35)19-24-11-15-26(16-12-24)28-7-4-5-8-29(28)33(37)40-42(38)21-50-36(46)54-27-17-13-25(14-18-27)20-52-43(47)48;1-8-7-5-3-2-4-6-7/h4-18,22-23H,3,19-21,38H2,1-2H3,(H2,37,40);7H,2-6H2,1H3. The molecule has 1 fully saturated rings. The van der Waals surface area contributed by atoms with Gasteiger partial charge in [-0.2, -0.15) is 10.1 Å². The molecule has 328 valence electrons. The summed E-state index contributed by atoms with van der Waals surface area (Å²) in [5.74, 6) is 5.42. The number of esters is 1. The number of hydrogen-bond donors (Lipinski definition) is 2. The van der Waals surface area contributed by atoms with E-state index in [4.69, 9.17) is 40.0 Å². The Labute approximate surface area is 357 Å². The van der Waals surface area contributed by atoms with Crippen molar-refractivity contribution < 1.29 is 52.7 Å². The van der Waals surface area contributed by atoms with Crippen molar-refractivity contribution >= 4 is 35.5 Å². The van der Waals surface area contributed by atoms with Gasteiger partial charge in [0, 0.05) is 19.6 Å². The van der Waals surface area contributed by atoms with Gasteiger partial charge in [0.1, 0.15) is 12.4 Å². The predicted octanol–water partition coefficient (Wildman–Crippen LogP) is 6.47. The number of aromatic nitrogens is 2. The molecule has 0 aliphatic heterocycles. The number of imidazole rings is 1. The maximum atomic E-state index is 13.1. The highest BCUT2D eigenvalue weighted by Crippen LogP contribution is 2.29. The van der Waals surface area contributed by atoms with E-state index in [2.05, 4.69) is 14.9 Å². The highest BCUT2D eigenvalue weighted by Gasteiger charge is 2.22. The third-order valence-corrected chi connectivity index (χ3v) is 9.45. The van der Waals surface area contributed by atoms with Crippen molar-refractivity contribution in [3.63, 3.8) is 0 Å². The first-order chi connectivity index (χ1) is 30.0. The maximum Gasteiger partial charge on any atom is 0.515 e. The summed E-state index contributed by atoms with van der Waals surface area (Å²) < 4.78 is 32.9. The van der Waals surface area contributed by atoms with Gasteiger partial charge in [0.05, 0.1) is 35.9 Å². The quantitative estimate of drug-likeness (QED) is 0.0110. The van der Waals surface area contributed by atoms with Crippen LogP contribution in [-0.4, -0.2) is 77.0 Å². The molecule has 0 bridgehead atoms. The van der Waals surface area contributed by atoms with Gasteiger partial charge in [-0.25, -0.2) is 15.4 Å². The van der Waals surface area contributed by atoms with Crippen molar-refractivity contribution in [2.24, 2.45) is 16.7 Å². The van der Waals surface area contributed by atoms with Crippen LogP contribution in [0.25, 0.3) is 22.2 Å². The van der Waals surface area contributed by atoms with Crippen molar-refractivity contribution in [2.75, 3.05) is 20.4 Å². The van der Waals surface area contributed by atoms with Gasteiger partial charge in [-0.05, 0) is 66.3 Å². The molecule has 62 heavy (non-hydrogen) atoms. The van der Waals surface area contributed by atoms with Crippen LogP contribution in [0.3, 0.4) is 0 Å². The van der Waals surface area contributed by atoms with Gasteiger partial charge in [0.15, 0.2) is 12.6 Å². The highest BCUT2D eigenvalue weighted by atomic mass is 16.9. The van der Waals surface area contributed by atoms with Crippen LogP contribution >= 0.6 is 0 Å². The van der Waals surface area contributed by atoms with Crippen molar-refractivity contribution in [1.29, 1.82) is 0 Å². The van der Waals surface area contributed by atoms with E-state index in [1.807, 2.05) is 50.4 Å². The largest absolute Gasteiger partial charge is 0.515 e. The van der Waals surface area contributed by atoms with Crippen molar-refractivity contribution in [1.82, 2.24) is 14.7 Å². The lowest BCUT2D eigenvalue weighted by Gasteiger charge is -2.19. The molecule has 1 saturated carbocycles. The van der Waals surface area contributed by atoms with Crippen LogP contribution in [-0.2, 0) is 41.7 Å². The fraction of sp³-hybridized carbons (Fsp3) is 0.326. The number of nitrogens with zero attached hydrogens (tertiary/aromatic N) is 5. The van der Waals surface area contributed by atoms with Gasteiger partial charge in [0.2, 0.25) is 6.29 Å². The molecule has 1 heterocycles. The second kappa shape index (κ2) is 22.9. The molecule has 0 spiro atoms. The minimum atomic E-state index is -1.09. The summed E-state index contributed by atoms with van der Waals surface area (Å²) in [4.78, 5) is 55.2. The number of carbonyl (C=O) groups excluding carboxylic acids is 3. The van der Waals surface area contributed by atoms with E-state index in [0.717, 1.165) is 21.8 Å². The summed E-state index contributed by atoms with van der Waals surface area (Å²) in [7, 11) is 1.82.